The SMILES string of the molecule is CC(C=Cc1ccccc1)NC1CC1. The lowest BCUT2D eigenvalue weighted by Crippen LogP contribution is -2.25. The number of hydrogen-bond donors (Lipinski definition) is 1. The van der Waals surface area contributed by atoms with Gasteiger partial charge < -0.3 is 5.32 Å². The van der Waals surface area contributed by atoms with E-state index in [1.54, 1.807) is 0 Å². The van der Waals surface area contributed by atoms with Crippen LogP contribution in [0.5, 0.6) is 0 Å². The van der Waals surface area contributed by atoms with E-state index < -0.39 is 0 Å². The smallest absolute Gasteiger partial charge is 0.0227 e. The van der Waals surface area contributed by atoms with E-state index in [-0.39, 0.29) is 0 Å². The fourth-order valence-electron chi connectivity index (χ4n) is 1.50. The number of hydrogen-bond acceptors (Lipinski definition) is 1. The molecule has 0 amide bonds. The predicted octanol–water partition coefficient (Wildman–Crippen LogP) is 2.84. The molecule has 1 aliphatic rings. The highest BCUT2D eigenvalue weighted by atomic mass is 15.0. The molecule has 1 aromatic rings. The third kappa shape index (κ3) is 3.00. The van der Waals surface area contributed by atoms with E-state index >= 15 is 0 Å². The maximum absolute atomic E-state index is 3.54. The van der Waals surface area contributed by atoms with Gasteiger partial charge in [0, 0.05) is 12.1 Å². The van der Waals surface area contributed by atoms with Crippen LogP contribution in [-0.4, -0.2) is 12.1 Å². The van der Waals surface area contributed by atoms with Crippen molar-refractivity contribution in [1.29, 1.82) is 0 Å². The standard InChI is InChI=1S/C13H17N/c1-11(14-13-9-10-13)7-8-12-5-3-2-4-6-12/h2-8,11,13-14H,9-10H2,1H3. The number of rotatable bonds is 4. The molecule has 1 nitrogen and oxygen atoms in total. The molecule has 0 heterocycles. The molecule has 0 saturated heterocycles. The van der Waals surface area contributed by atoms with Crippen molar-refractivity contribution in [3.05, 3.63) is 42.0 Å². The molecule has 0 aromatic heterocycles. The summed E-state index contributed by atoms with van der Waals surface area (Å²) in [6.07, 6.45) is 7.11. The minimum atomic E-state index is 0.489. The van der Waals surface area contributed by atoms with Gasteiger partial charge in [-0.1, -0.05) is 42.5 Å². The fourth-order valence-corrected chi connectivity index (χ4v) is 1.50. The topological polar surface area (TPSA) is 12.0 Å². The molecule has 1 N–H and O–H groups in total. The Labute approximate surface area is 85.8 Å². The average Bonchev–Trinajstić information content (AvgIpc) is 3.00. The van der Waals surface area contributed by atoms with Gasteiger partial charge in [-0.15, -0.1) is 0 Å². The van der Waals surface area contributed by atoms with Crippen LogP contribution in [-0.2, 0) is 0 Å². The van der Waals surface area contributed by atoms with Crippen LogP contribution >= 0.6 is 0 Å². The van der Waals surface area contributed by atoms with Gasteiger partial charge in [-0.3, -0.25) is 0 Å². The van der Waals surface area contributed by atoms with Gasteiger partial charge in [-0.25, -0.2) is 0 Å². The maximum atomic E-state index is 3.54. The zero-order valence-corrected chi connectivity index (χ0v) is 8.61. The van der Waals surface area contributed by atoms with Crippen molar-refractivity contribution in [1.82, 2.24) is 5.32 Å². The second-order valence-corrected chi connectivity index (χ2v) is 4.00. The Balaban J connectivity index is 1.86. The zero-order valence-electron chi connectivity index (χ0n) is 8.61. The Hall–Kier alpha value is -1.08. The Bertz CT molecular complexity index is 298. The van der Waals surface area contributed by atoms with Gasteiger partial charge >= 0.3 is 0 Å². The molecule has 1 heteroatoms. The molecule has 14 heavy (non-hydrogen) atoms. The van der Waals surface area contributed by atoms with Crippen molar-refractivity contribution in [2.75, 3.05) is 0 Å². The fraction of sp³-hybridized carbons (Fsp3) is 0.385. The molecule has 1 aliphatic carbocycles. The third-order valence-electron chi connectivity index (χ3n) is 2.45. The van der Waals surface area contributed by atoms with Crippen molar-refractivity contribution in [2.24, 2.45) is 0 Å². The molecule has 1 fully saturated rings. The average molecular weight is 187 g/mol. The monoisotopic (exact) mass is 187 g/mol. The van der Waals surface area contributed by atoms with Crippen LogP contribution in [0.15, 0.2) is 36.4 Å². The van der Waals surface area contributed by atoms with E-state index in [0.717, 1.165) is 6.04 Å². The van der Waals surface area contributed by atoms with E-state index in [1.165, 1.54) is 18.4 Å². The molecule has 0 spiro atoms. The van der Waals surface area contributed by atoms with Gasteiger partial charge in [0.15, 0.2) is 0 Å². The second-order valence-electron chi connectivity index (χ2n) is 4.00. The Kier molecular flexibility index (Phi) is 3.00. The summed E-state index contributed by atoms with van der Waals surface area (Å²) in [5.41, 5.74) is 1.27. The van der Waals surface area contributed by atoms with Crippen LogP contribution in [0.4, 0.5) is 0 Å². The lowest BCUT2D eigenvalue weighted by molar-refractivity contribution is 0.630. The first-order valence-corrected chi connectivity index (χ1v) is 5.34. The minimum Gasteiger partial charge on any atom is -0.308 e. The van der Waals surface area contributed by atoms with Gasteiger partial charge in [0.25, 0.3) is 0 Å². The summed E-state index contributed by atoms with van der Waals surface area (Å²) in [5.74, 6) is 0. The first kappa shape index (κ1) is 9.47. The molecule has 2 rings (SSSR count). The number of benzene rings is 1. The number of nitrogens with one attached hydrogen (secondary N) is 1. The van der Waals surface area contributed by atoms with E-state index in [4.69, 9.17) is 0 Å². The lowest BCUT2D eigenvalue weighted by Gasteiger charge is -2.06. The Morgan fingerprint density at radius 3 is 2.64 bits per heavy atom. The van der Waals surface area contributed by atoms with Crippen molar-refractivity contribution in [2.45, 2.75) is 31.8 Å². The minimum absolute atomic E-state index is 0.489. The highest BCUT2D eigenvalue weighted by molar-refractivity contribution is 5.49. The van der Waals surface area contributed by atoms with Crippen LogP contribution in [0, 0.1) is 0 Å². The largest absolute Gasteiger partial charge is 0.308 e. The third-order valence-corrected chi connectivity index (χ3v) is 2.45. The van der Waals surface area contributed by atoms with Gasteiger partial charge in [-0.05, 0) is 25.3 Å². The van der Waals surface area contributed by atoms with Crippen LogP contribution in [0.3, 0.4) is 0 Å². The first-order chi connectivity index (χ1) is 6.84. The van der Waals surface area contributed by atoms with E-state index in [9.17, 15) is 0 Å². The Morgan fingerprint density at radius 2 is 2.00 bits per heavy atom. The van der Waals surface area contributed by atoms with Gasteiger partial charge in [0.1, 0.15) is 0 Å². The Morgan fingerprint density at radius 1 is 1.29 bits per heavy atom. The highest BCUT2D eigenvalue weighted by Crippen LogP contribution is 2.19. The van der Waals surface area contributed by atoms with Crippen LogP contribution in [0.2, 0.25) is 0 Å². The molecule has 0 bridgehead atoms. The van der Waals surface area contributed by atoms with Crippen molar-refractivity contribution < 1.29 is 0 Å². The molecule has 1 unspecified atom stereocenters. The molecule has 1 saturated carbocycles. The molecular formula is C13H17N. The first-order valence-electron chi connectivity index (χ1n) is 5.34. The van der Waals surface area contributed by atoms with Crippen LogP contribution < -0.4 is 5.32 Å². The van der Waals surface area contributed by atoms with Crippen LogP contribution in [0.25, 0.3) is 6.08 Å². The molecule has 0 radical (unpaired) electrons. The van der Waals surface area contributed by atoms with Crippen molar-refractivity contribution in [3.8, 4) is 0 Å². The van der Waals surface area contributed by atoms with Crippen molar-refractivity contribution in [3.63, 3.8) is 0 Å². The summed E-state index contributed by atoms with van der Waals surface area (Å²) in [6, 6.07) is 11.7. The summed E-state index contributed by atoms with van der Waals surface area (Å²) in [6.45, 7) is 2.21. The molecule has 1 aromatic carbocycles. The van der Waals surface area contributed by atoms with E-state index in [2.05, 4.69) is 48.7 Å². The zero-order chi connectivity index (χ0) is 9.80. The summed E-state index contributed by atoms with van der Waals surface area (Å²) in [7, 11) is 0. The summed E-state index contributed by atoms with van der Waals surface area (Å²) in [5, 5.41) is 3.54. The normalized spacial score (nSPS) is 18.6. The molecule has 0 aliphatic heterocycles. The summed E-state index contributed by atoms with van der Waals surface area (Å²) in [4.78, 5) is 0. The maximum Gasteiger partial charge on any atom is 0.0227 e. The predicted molar refractivity (Wildman–Crippen MR) is 61.1 cm³/mol. The highest BCUT2D eigenvalue weighted by Gasteiger charge is 2.21. The lowest BCUT2D eigenvalue weighted by atomic mass is 10.2. The summed E-state index contributed by atoms with van der Waals surface area (Å²) < 4.78 is 0. The van der Waals surface area contributed by atoms with E-state index in [1.807, 2.05) is 6.07 Å². The van der Waals surface area contributed by atoms with Gasteiger partial charge in [0.2, 0.25) is 0 Å². The van der Waals surface area contributed by atoms with E-state index in [0.29, 0.717) is 6.04 Å². The van der Waals surface area contributed by atoms with Gasteiger partial charge in [-0.2, -0.15) is 0 Å². The van der Waals surface area contributed by atoms with Crippen LogP contribution in [0.1, 0.15) is 25.3 Å². The molecule has 1 atom stereocenters. The molecular weight excluding hydrogens is 170 g/mol. The second kappa shape index (κ2) is 4.43. The quantitative estimate of drug-likeness (QED) is 0.764. The summed E-state index contributed by atoms with van der Waals surface area (Å²) >= 11 is 0. The van der Waals surface area contributed by atoms with Gasteiger partial charge in [0.05, 0.1) is 0 Å². The molecule has 74 valence electrons. The van der Waals surface area contributed by atoms with Crippen molar-refractivity contribution >= 4 is 6.08 Å².